The number of nitrogens with one attached hydrogen (secondary N) is 1. The topological polar surface area (TPSA) is 104 Å². The molecular weight excluding hydrogens is 244 g/mol. The van der Waals surface area contributed by atoms with Crippen molar-refractivity contribution in [3.8, 4) is 0 Å². The number of carboxylic acid groups (broad SMARTS) is 2. The molecule has 1 atom stereocenters. The van der Waals surface area contributed by atoms with E-state index in [0.717, 1.165) is 6.92 Å². The summed E-state index contributed by atoms with van der Waals surface area (Å²) in [6, 6.07) is -1.35. The Hall–Kier alpha value is 1.68. The average molecular weight is 253 g/mol. The van der Waals surface area contributed by atoms with Gasteiger partial charge >= 0.3 is 11.9 Å². The van der Waals surface area contributed by atoms with Crippen molar-refractivity contribution in [2.45, 2.75) is 19.4 Å². The smallest absolute Gasteiger partial charge is 0.326 e. The Balaban J connectivity index is -0.000000605. The van der Waals surface area contributed by atoms with Crippen molar-refractivity contribution in [1.29, 1.82) is 0 Å². The third-order valence-corrected chi connectivity index (χ3v) is 1.05. The monoisotopic (exact) mass is 253 g/mol. The van der Waals surface area contributed by atoms with Gasteiger partial charge in [-0.25, -0.2) is 4.79 Å². The molecule has 0 saturated carbocycles. The predicted octanol–water partition coefficient (Wildman–Crippen LogP) is -1.71. The average Bonchev–Trinajstić information content (AvgIpc) is 1.83. The second-order valence-corrected chi connectivity index (χ2v) is 2.19. The van der Waals surface area contributed by atoms with E-state index in [1.54, 1.807) is 0 Å². The Morgan fingerprint density at radius 3 is 1.86 bits per heavy atom. The van der Waals surface area contributed by atoms with Crippen molar-refractivity contribution in [2.75, 3.05) is 0 Å². The summed E-state index contributed by atoms with van der Waals surface area (Å²) in [5.74, 6) is -3.19. The Labute approximate surface area is 166 Å². The molecule has 70 valence electrons. The van der Waals surface area contributed by atoms with E-state index in [2.05, 4.69) is 0 Å². The normalized spacial score (nSPS) is 10.1. The molecule has 0 aliphatic heterocycles. The second-order valence-electron chi connectivity index (χ2n) is 2.19. The van der Waals surface area contributed by atoms with Crippen LogP contribution in [0.1, 0.15) is 13.3 Å². The third kappa shape index (κ3) is 11.8. The molecule has 0 aliphatic carbocycles. The van der Waals surface area contributed by atoms with Crippen LogP contribution in [-0.2, 0) is 14.4 Å². The minimum Gasteiger partial charge on any atom is -0.481 e. The molecule has 0 aromatic rings. The van der Waals surface area contributed by atoms with Gasteiger partial charge in [0.1, 0.15) is 6.04 Å². The van der Waals surface area contributed by atoms with Crippen LogP contribution in [0.5, 0.6) is 0 Å². The van der Waals surface area contributed by atoms with Gasteiger partial charge in [-0.3, -0.25) is 9.59 Å². The van der Waals surface area contributed by atoms with Crippen LogP contribution in [0.4, 0.5) is 0 Å². The summed E-state index contributed by atoms with van der Waals surface area (Å²) in [5, 5.41) is 18.6. The van der Waals surface area contributed by atoms with Crippen LogP contribution in [-0.4, -0.2) is 137 Å². The van der Waals surface area contributed by atoms with Gasteiger partial charge in [-0.05, 0) is 0 Å². The van der Waals surface area contributed by atoms with Gasteiger partial charge in [0.25, 0.3) is 0 Å². The Morgan fingerprint density at radius 1 is 1.21 bits per heavy atom. The quantitative estimate of drug-likeness (QED) is 0.518. The number of carbonyl (C=O) groups is 3. The van der Waals surface area contributed by atoms with Gasteiger partial charge in [0.15, 0.2) is 0 Å². The fraction of sp³-hybridized carbons (Fsp3) is 0.500. The minimum atomic E-state index is -1.35. The van der Waals surface area contributed by atoms with E-state index in [1.807, 2.05) is 5.32 Å². The summed E-state index contributed by atoms with van der Waals surface area (Å²) in [6.45, 7) is 1.12. The first-order chi connectivity index (χ1) is 5.43. The molecule has 0 bridgehead atoms. The van der Waals surface area contributed by atoms with E-state index in [-0.39, 0.29) is 103 Å². The summed E-state index contributed by atoms with van der Waals surface area (Å²) in [6.07, 6.45) is -0.616. The molecule has 2 radical (unpaired) electrons. The number of hydrogen-bond acceptors (Lipinski definition) is 3. The first-order valence-electron chi connectivity index (χ1n) is 3.15. The molecule has 0 rings (SSSR count). The minimum absolute atomic E-state index is 0. The standard InChI is InChI=1S/C6H9NO5.2K/c1-3(8)7-4(6(11)12)2-5(9)10;;/h4H,2H2,1H3,(H,7,8)(H,9,10)(H,11,12);;. The molecule has 0 spiro atoms. The molecule has 0 aromatic heterocycles. The molecule has 14 heavy (non-hydrogen) atoms. The van der Waals surface area contributed by atoms with Crippen LogP contribution < -0.4 is 5.32 Å². The Morgan fingerprint density at radius 2 is 1.64 bits per heavy atom. The maximum absolute atomic E-state index is 10.4. The Bertz CT molecular complexity index is 204. The zero-order valence-corrected chi connectivity index (χ0v) is 14.6. The summed E-state index contributed by atoms with van der Waals surface area (Å²) < 4.78 is 0. The van der Waals surface area contributed by atoms with Crippen molar-refractivity contribution >= 4 is 121 Å². The number of hydrogen-bond donors (Lipinski definition) is 3. The maximum atomic E-state index is 10.4. The van der Waals surface area contributed by atoms with Crippen molar-refractivity contribution < 1.29 is 24.6 Å². The van der Waals surface area contributed by atoms with E-state index in [1.165, 1.54) is 0 Å². The van der Waals surface area contributed by atoms with Crippen LogP contribution in [0.2, 0.25) is 0 Å². The van der Waals surface area contributed by atoms with Crippen LogP contribution in [0.15, 0.2) is 0 Å². The summed E-state index contributed by atoms with van der Waals surface area (Å²) in [5.41, 5.74) is 0. The SMILES string of the molecule is CC(=O)NC(CC(=O)O)C(=O)O.[K].[K]. The van der Waals surface area contributed by atoms with Crippen LogP contribution >= 0.6 is 0 Å². The summed E-state index contributed by atoms with van der Waals surface area (Å²) >= 11 is 0. The number of amides is 1. The third-order valence-electron chi connectivity index (χ3n) is 1.05. The molecule has 0 fully saturated rings. The fourth-order valence-corrected chi connectivity index (χ4v) is 0.620. The predicted molar refractivity (Wildman–Crippen MR) is 49.0 cm³/mol. The van der Waals surface area contributed by atoms with E-state index in [4.69, 9.17) is 10.2 Å². The van der Waals surface area contributed by atoms with Crippen molar-refractivity contribution in [1.82, 2.24) is 5.32 Å². The molecule has 1 unspecified atom stereocenters. The van der Waals surface area contributed by atoms with Crippen LogP contribution in [0.3, 0.4) is 0 Å². The van der Waals surface area contributed by atoms with Gasteiger partial charge < -0.3 is 15.5 Å². The van der Waals surface area contributed by atoms with Crippen LogP contribution in [0, 0.1) is 0 Å². The second kappa shape index (κ2) is 11.2. The molecule has 0 aliphatic rings. The van der Waals surface area contributed by atoms with Gasteiger partial charge in [0.05, 0.1) is 6.42 Å². The van der Waals surface area contributed by atoms with E-state index in [0.29, 0.717) is 0 Å². The van der Waals surface area contributed by atoms with E-state index in [9.17, 15) is 14.4 Å². The molecular formula is C6H9K2NO5. The number of carbonyl (C=O) groups excluding carboxylic acids is 1. The van der Waals surface area contributed by atoms with E-state index < -0.39 is 30.3 Å². The van der Waals surface area contributed by atoms with Gasteiger partial charge in [-0.1, -0.05) is 0 Å². The fourth-order valence-electron chi connectivity index (χ4n) is 0.620. The molecule has 3 N–H and O–H groups in total. The first-order valence-corrected chi connectivity index (χ1v) is 3.15. The molecule has 1 amide bonds. The van der Waals surface area contributed by atoms with Crippen molar-refractivity contribution in [2.24, 2.45) is 0 Å². The maximum Gasteiger partial charge on any atom is 0.326 e. The number of rotatable bonds is 4. The zero-order chi connectivity index (χ0) is 9.72. The zero-order valence-electron chi connectivity index (χ0n) is 8.40. The van der Waals surface area contributed by atoms with Gasteiger partial charge in [0.2, 0.25) is 5.91 Å². The number of aliphatic carboxylic acids is 2. The Kier molecular flexibility index (Phi) is 16.8. The van der Waals surface area contributed by atoms with E-state index >= 15 is 0 Å². The molecule has 6 nitrogen and oxygen atoms in total. The molecule has 8 heteroatoms. The van der Waals surface area contributed by atoms with Gasteiger partial charge in [-0.2, -0.15) is 0 Å². The summed E-state index contributed by atoms with van der Waals surface area (Å²) in [4.78, 5) is 30.7. The summed E-state index contributed by atoms with van der Waals surface area (Å²) in [7, 11) is 0. The largest absolute Gasteiger partial charge is 0.481 e. The van der Waals surface area contributed by atoms with Crippen molar-refractivity contribution in [3.63, 3.8) is 0 Å². The first kappa shape index (κ1) is 21.0. The number of carboxylic acids is 2. The molecule has 0 aromatic carbocycles. The van der Waals surface area contributed by atoms with Gasteiger partial charge in [-0.15, -0.1) is 0 Å². The molecule has 0 saturated heterocycles. The van der Waals surface area contributed by atoms with Gasteiger partial charge in [0, 0.05) is 110 Å². The molecule has 0 heterocycles. The van der Waals surface area contributed by atoms with Crippen LogP contribution in [0.25, 0.3) is 0 Å². The van der Waals surface area contributed by atoms with Crippen molar-refractivity contribution in [3.05, 3.63) is 0 Å².